The van der Waals surface area contributed by atoms with E-state index in [4.69, 9.17) is 5.73 Å². The molecule has 0 radical (unpaired) electrons. The molecule has 144 valence electrons. The van der Waals surface area contributed by atoms with Crippen LogP contribution in [0.2, 0.25) is 0 Å². The van der Waals surface area contributed by atoms with E-state index in [1.165, 1.54) is 4.31 Å². The zero-order valence-electron chi connectivity index (χ0n) is 15.4. The highest BCUT2D eigenvalue weighted by Crippen LogP contribution is 2.28. The standard InChI is InChI=1S/C19H29N3O3S/c1-15(20)16-10-13-21(14-11-16)19(23)18-9-5-6-12-22(18)26(24,25)17-7-3-2-4-8-17/h2-4,7-8,15-16,18H,5-6,9-14,20H2,1H3. The van der Waals surface area contributed by atoms with Gasteiger partial charge in [0.1, 0.15) is 6.04 Å². The van der Waals surface area contributed by atoms with E-state index in [0.717, 1.165) is 25.7 Å². The zero-order valence-corrected chi connectivity index (χ0v) is 16.2. The lowest BCUT2D eigenvalue weighted by Crippen LogP contribution is -2.54. The fourth-order valence-corrected chi connectivity index (χ4v) is 5.70. The molecule has 0 saturated carbocycles. The van der Waals surface area contributed by atoms with E-state index in [1.807, 2.05) is 11.8 Å². The second-order valence-corrected chi connectivity index (χ2v) is 9.35. The van der Waals surface area contributed by atoms with Crippen molar-refractivity contribution < 1.29 is 13.2 Å². The molecule has 0 aromatic heterocycles. The van der Waals surface area contributed by atoms with Crippen LogP contribution in [0.25, 0.3) is 0 Å². The lowest BCUT2D eigenvalue weighted by Gasteiger charge is -2.39. The molecular formula is C19H29N3O3S. The number of nitrogens with zero attached hydrogens (tertiary/aromatic N) is 2. The van der Waals surface area contributed by atoms with Gasteiger partial charge in [-0.1, -0.05) is 24.6 Å². The first kappa shape index (κ1) is 19.3. The highest BCUT2D eigenvalue weighted by molar-refractivity contribution is 7.89. The number of sulfonamides is 1. The highest BCUT2D eigenvalue weighted by atomic mass is 32.2. The molecule has 26 heavy (non-hydrogen) atoms. The number of nitrogens with two attached hydrogens (primary N) is 1. The molecule has 0 spiro atoms. The smallest absolute Gasteiger partial charge is 0.243 e. The number of amides is 1. The summed E-state index contributed by atoms with van der Waals surface area (Å²) in [5, 5.41) is 0. The fourth-order valence-electron chi connectivity index (χ4n) is 4.02. The maximum absolute atomic E-state index is 13.1. The van der Waals surface area contributed by atoms with E-state index in [1.54, 1.807) is 30.3 Å². The average Bonchev–Trinajstić information content (AvgIpc) is 2.68. The van der Waals surface area contributed by atoms with E-state index in [9.17, 15) is 13.2 Å². The average molecular weight is 380 g/mol. The molecule has 2 aliphatic heterocycles. The Kier molecular flexibility index (Phi) is 5.99. The first-order valence-electron chi connectivity index (χ1n) is 9.52. The Morgan fingerprint density at radius 1 is 1.08 bits per heavy atom. The number of piperidine rings is 2. The summed E-state index contributed by atoms with van der Waals surface area (Å²) < 4.78 is 27.6. The van der Waals surface area contributed by atoms with Crippen molar-refractivity contribution in [3.63, 3.8) is 0 Å². The van der Waals surface area contributed by atoms with Gasteiger partial charge in [0.2, 0.25) is 15.9 Å². The van der Waals surface area contributed by atoms with Crippen molar-refractivity contribution >= 4 is 15.9 Å². The summed E-state index contributed by atoms with van der Waals surface area (Å²) >= 11 is 0. The van der Waals surface area contributed by atoms with Crippen LogP contribution < -0.4 is 5.73 Å². The Morgan fingerprint density at radius 3 is 2.35 bits per heavy atom. The van der Waals surface area contributed by atoms with Gasteiger partial charge < -0.3 is 10.6 Å². The SMILES string of the molecule is CC(N)C1CCN(C(=O)C2CCCCN2S(=O)(=O)c2ccccc2)CC1. The van der Waals surface area contributed by atoms with Crippen molar-refractivity contribution in [3.8, 4) is 0 Å². The van der Waals surface area contributed by atoms with E-state index < -0.39 is 16.1 Å². The van der Waals surface area contributed by atoms with Gasteiger partial charge in [-0.25, -0.2) is 8.42 Å². The normalized spacial score (nSPS) is 24.4. The van der Waals surface area contributed by atoms with Crippen LogP contribution in [0, 0.1) is 5.92 Å². The van der Waals surface area contributed by atoms with Gasteiger partial charge in [-0.2, -0.15) is 4.31 Å². The molecule has 2 unspecified atom stereocenters. The number of benzene rings is 1. The van der Waals surface area contributed by atoms with Gasteiger partial charge in [0.15, 0.2) is 0 Å². The van der Waals surface area contributed by atoms with E-state index in [2.05, 4.69) is 0 Å². The largest absolute Gasteiger partial charge is 0.341 e. The monoisotopic (exact) mass is 379 g/mol. The van der Waals surface area contributed by atoms with Crippen molar-refractivity contribution in [3.05, 3.63) is 30.3 Å². The molecule has 7 heteroatoms. The van der Waals surface area contributed by atoms with E-state index in [0.29, 0.717) is 32.0 Å². The molecule has 1 aromatic carbocycles. The molecule has 2 saturated heterocycles. The van der Waals surface area contributed by atoms with Gasteiger partial charge in [-0.05, 0) is 50.7 Å². The molecular weight excluding hydrogens is 350 g/mol. The molecule has 2 N–H and O–H groups in total. The Hall–Kier alpha value is -1.44. The Balaban J connectivity index is 1.76. The number of carbonyl (C=O) groups excluding carboxylic acids is 1. The minimum atomic E-state index is -3.65. The summed E-state index contributed by atoms with van der Waals surface area (Å²) in [5.74, 6) is 0.391. The molecule has 1 aromatic rings. The first-order chi connectivity index (χ1) is 12.4. The summed E-state index contributed by atoms with van der Waals surface area (Å²) in [4.78, 5) is 15.2. The van der Waals surface area contributed by atoms with Gasteiger partial charge in [-0.15, -0.1) is 0 Å². The van der Waals surface area contributed by atoms with Gasteiger partial charge in [0, 0.05) is 25.7 Å². The van der Waals surface area contributed by atoms with Crippen molar-refractivity contribution in [1.82, 2.24) is 9.21 Å². The summed E-state index contributed by atoms with van der Waals surface area (Å²) in [7, 11) is -3.65. The second-order valence-electron chi connectivity index (χ2n) is 7.46. The van der Waals surface area contributed by atoms with Crippen molar-refractivity contribution in [2.45, 2.75) is 56.0 Å². The third-order valence-electron chi connectivity index (χ3n) is 5.68. The lowest BCUT2D eigenvalue weighted by molar-refractivity contribution is -0.137. The van der Waals surface area contributed by atoms with Crippen molar-refractivity contribution in [2.24, 2.45) is 11.7 Å². The number of hydrogen-bond acceptors (Lipinski definition) is 4. The molecule has 1 amide bonds. The molecule has 3 rings (SSSR count). The highest BCUT2D eigenvalue weighted by Gasteiger charge is 2.40. The van der Waals surface area contributed by atoms with Crippen LogP contribution in [0.4, 0.5) is 0 Å². The fraction of sp³-hybridized carbons (Fsp3) is 0.632. The van der Waals surface area contributed by atoms with Gasteiger partial charge in [-0.3, -0.25) is 4.79 Å². The summed E-state index contributed by atoms with van der Waals surface area (Å²) in [6.07, 6.45) is 4.05. The molecule has 2 aliphatic rings. The Bertz CT molecular complexity index is 713. The van der Waals surface area contributed by atoms with Crippen molar-refractivity contribution in [1.29, 1.82) is 0 Å². The predicted octanol–water partition coefficient (Wildman–Crippen LogP) is 1.82. The van der Waals surface area contributed by atoms with Crippen LogP contribution in [0.5, 0.6) is 0 Å². The molecule has 2 fully saturated rings. The van der Waals surface area contributed by atoms with Crippen LogP contribution in [-0.2, 0) is 14.8 Å². The number of carbonyl (C=O) groups is 1. The van der Waals surface area contributed by atoms with Gasteiger partial charge >= 0.3 is 0 Å². The Morgan fingerprint density at radius 2 is 1.73 bits per heavy atom. The number of likely N-dealkylation sites (tertiary alicyclic amines) is 1. The third kappa shape index (κ3) is 3.94. The Labute approximate surface area is 156 Å². The van der Waals surface area contributed by atoms with Crippen molar-refractivity contribution in [2.75, 3.05) is 19.6 Å². The topological polar surface area (TPSA) is 83.7 Å². The molecule has 0 aliphatic carbocycles. The van der Waals surface area contributed by atoms with Crippen LogP contribution >= 0.6 is 0 Å². The zero-order chi connectivity index (χ0) is 18.7. The minimum Gasteiger partial charge on any atom is -0.341 e. The van der Waals surface area contributed by atoms with Crippen LogP contribution in [-0.4, -0.2) is 55.2 Å². The van der Waals surface area contributed by atoms with Gasteiger partial charge in [0.25, 0.3) is 0 Å². The maximum Gasteiger partial charge on any atom is 0.243 e. The number of rotatable bonds is 4. The maximum atomic E-state index is 13.1. The van der Waals surface area contributed by atoms with Crippen LogP contribution in [0.3, 0.4) is 0 Å². The number of hydrogen-bond donors (Lipinski definition) is 1. The van der Waals surface area contributed by atoms with Gasteiger partial charge in [0.05, 0.1) is 4.90 Å². The second kappa shape index (κ2) is 8.06. The first-order valence-corrected chi connectivity index (χ1v) is 11.0. The van der Waals surface area contributed by atoms with E-state index in [-0.39, 0.29) is 16.8 Å². The minimum absolute atomic E-state index is 0.0488. The molecule has 0 bridgehead atoms. The quantitative estimate of drug-likeness (QED) is 0.865. The summed E-state index contributed by atoms with van der Waals surface area (Å²) in [6, 6.07) is 7.97. The van der Waals surface area contributed by atoms with E-state index >= 15 is 0 Å². The van der Waals surface area contributed by atoms with Crippen LogP contribution in [0.1, 0.15) is 39.0 Å². The lowest BCUT2D eigenvalue weighted by atomic mass is 9.90. The molecule has 2 heterocycles. The van der Waals surface area contributed by atoms with Crippen LogP contribution in [0.15, 0.2) is 35.2 Å². The summed E-state index contributed by atoms with van der Waals surface area (Å²) in [6.45, 7) is 3.75. The third-order valence-corrected chi connectivity index (χ3v) is 7.61. The molecule has 6 nitrogen and oxygen atoms in total. The summed E-state index contributed by atoms with van der Waals surface area (Å²) in [5.41, 5.74) is 5.98. The molecule has 2 atom stereocenters. The predicted molar refractivity (Wildman–Crippen MR) is 101 cm³/mol.